The highest BCUT2D eigenvalue weighted by Gasteiger charge is 2.16. The van der Waals surface area contributed by atoms with Crippen LogP contribution in [0.3, 0.4) is 0 Å². The highest BCUT2D eigenvalue weighted by molar-refractivity contribution is 8.16. The van der Waals surface area contributed by atoms with Crippen LogP contribution in [0, 0.1) is 0 Å². The van der Waals surface area contributed by atoms with Gasteiger partial charge < -0.3 is 10.1 Å². The summed E-state index contributed by atoms with van der Waals surface area (Å²) in [6, 6.07) is 9.12. The van der Waals surface area contributed by atoms with E-state index in [1.807, 2.05) is 35.7 Å². The molecule has 2 rings (SSSR count). The molecule has 0 bridgehead atoms. The number of amides is 1. The zero-order chi connectivity index (χ0) is 18.9. The van der Waals surface area contributed by atoms with Gasteiger partial charge in [0.1, 0.15) is 5.75 Å². The van der Waals surface area contributed by atoms with Crippen molar-refractivity contribution in [3.63, 3.8) is 0 Å². The van der Waals surface area contributed by atoms with Crippen molar-refractivity contribution in [2.45, 2.75) is 50.8 Å². The number of carbonyl (C=O) groups excluding carboxylic acids is 1. The topological polar surface area (TPSA) is 41.6 Å². The normalized spacial score (nSPS) is 15.7. The number of rotatable bonds is 9. The molecule has 26 heavy (non-hydrogen) atoms. The third-order valence-electron chi connectivity index (χ3n) is 4.37. The number of nitrogens with zero attached hydrogens (tertiary/aromatic N) is 1. The van der Waals surface area contributed by atoms with E-state index in [4.69, 9.17) is 4.74 Å². The molecule has 1 heterocycles. The molecule has 0 radical (unpaired) electrons. The Kier molecular flexibility index (Phi) is 9.16. The Morgan fingerprint density at radius 3 is 2.35 bits per heavy atom. The first kappa shape index (κ1) is 21.5. The maximum Gasteiger partial charge on any atom is 0.257 e. The molecular formula is C20H32N2O2S2. The number of hydrogen-bond acceptors (Lipinski definition) is 5. The minimum Gasteiger partial charge on any atom is -0.484 e. The lowest BCUT2D eigenvalue weighted by atomic mass is 10.2. The molecule has 0 atom stereocenters. The van der Waals surface area contributed by atoms with E-state index < -0.39 is 0 Å². The predicted molar refractivity (Wildman–Crippen MR) is 114 cm³/mol. The molecule has 0 aromatic heterocycles. The van der Waals surface area contributed by atoms with Crippen molar-refractivity contribution in [3.8, 4) is 5.75 Å². The fourth-order valence-electron chi connectivity index (χ4n) is 3.04. The summed E-state index contributed by atoms with van der Waals surface area (Å²) >= 11 is 4.02. The summed E-state index contributed by atoms with van der Waals surface area (Å²) in [6.45, 7) is 10.3. The largest absolute Gasteiger partial charge is 0.484 e. The van der Waals surface area contributed by atoms with Gasteiger partial charge in [0.05, 0.1) is 4.58 Å². The van der Waals surface area contributed by atoms with Gasteiger partial charge in [0.15, 0.2) is 6.61 Å². The van der Waals surface area contributed by atoms with Crippen molar-refractivity contribution in [2.24, 2.45) is 0 Å². The van der Waals surface area contributed by atoms with E-state index in [2.05, 4.69) is 50.0 Å². The Hall–Kier alpha value is -0.850. The standard InChI is InChI=1S/C20H32N2O2S2/c1-15(2)22(16(3)4)11-10-21-19(23)14-24-18-8-6-17(7-9-18)20-25-12-5-13-26-20/h6-9,15-16,20H,5,10-14H2,1-4H3,(H,21,23). The smallest absolute Gasteiger partial charge is 0.257 e. The van der Waals surface area contributed by atoms with Crippen LogP contribution in [0.4, 0.5) is 0 Å². The van der Waals surface area contributed by atoms with Crippen molar-refractivity contribution in [1.82, 2.24) is 10.2 Å². The fourth-order valence-corrected chi connectivity index (χ4v) is 5.93. The van der Waals surface area contributed by atoms with Crippen LogP contribution in [0.5, 0.6) is 5.75 Å². The number of hydrogen-bond donors (Lipinski definition) is 1. The average molecular weight is 397 g/mol. The third-order valence-corrected chi connectivity index (χ3v) is 7.38. The van der Waals surface area contributed by atoms with E-state index in [0.29, 0.717) is 23.2 Å². The first-order chi connectivity index (χ1) is 12.5. The quantitative estimate of drug-likeness (QED) is 0.678. The molecule has 1 saturated heterocycles. The van der Waals surface area contributed by atoms with Gasteiger partial charge in [-0.15, -0.1) is 23.5 Å². The van der Waals surface area contributed by atoms with Crippen molar-refractivity contribution < 1.29 is 9.53 Å². The van der Waals surface area contributed by atoms with Crippen LogP contribution in [0.2, 0.25) is 0 Å². The van der Waals surface area contributed by atoms with E-state index in [1.54, 1.807) is 0 Å². The summed E-state index contributed by atoms with van der Waals surface area (Å²) in [5, 5.41) is 2.94. The van der Waals surface area contributed by atoms with Gasteiger partial charge in [-0.05, 0) is 63.3 Å². The molecule has 0 saturated carbocycles. The maximum atomic E-state index is 12.0. The molecule has 4 nitrogen and oxygen atoms in total. The van der Waals surface area contributed by atoms with Crippen LogP contribution >= 0.6 is 23.5 Å². The van der Waals surface area contributed by atoms with Crippen molar-refractivity contribution in [1.29, 1.82) is 0 Å². The van der Waals surface area contributed by atoms with Crippen LogP contribution < -0.4 is 10.1 Å². The molecule has 0 unspecified atom stereocenters. The number of carbonyl (C=O) groups is 1. The highest BCUT2D eigenvalue weighted by Crippen LogP contribution is 2.43. The molecule has 1 amide bonds. The molecular weight excluding hydrogens is 364 g/mol. The minimum absolute atomic E-state index is 0.0651. The van der Waals surface area contributed by atoms with Crippen LogP contribution in [0.15, 0.2) is 24.3 Å². The molecule has 1 fully saturated rings. The lowest BCUT2D eigenvalue weighted by Gasteiger charge is -2.30. The van der Waals surface area contributed by atoms with Crippen molar-refractivity contribution >= 4 is 29.4 Å². The van der Waals surface area contributed by atoms with Gasteiger partial charge in [-0.2, -0.15) is 0 Å². The zero-order valence-electron chi connectivity index (χ0n) is 16.4. The average Bonchev–Trinajstić information content (AvgIpc) is 2.64. The fraction of sp³-hybridized carbons (Fsp3) is 0.650. The highest BCUT2D eigenvalue weighted by atomic mass is 32.2. The van der Waals surface area contributed by atoms with Gasteiger partial charge in [0, 0.05) is 25.2 Å². The summed E-state index contributed by atoms with van der Waals surface area (Å²) in [4.78, 5) is 14.4. The zero-order valence-corrected chi connectivity index (χ0v) is 18.0. The molecule has 1 aromatic rings. The van der Waals surface area contributed by atoms with Gasteiger partial charge in [-0.25, -0.2) is 0 Å². The molecule has 0 aliphatic carbocycles. The molecule has 1 aliphatic heterocycles. The molecule has 1 N–H and O–H groups in total. The predicted octanol–water partition coefficient (Wildman–Crippen LogP) is 4.17. The number of nitrogens with one attached hydrogen (secondary N) is 1. The van der Waals surface area contributed by atoms with Crippen molar-refractivity contribution in [2.75, 3.05) is 31.2 Å². The lowest BCUT2D eigenvalue weighted by Crippen LogP contribution is -2.43. The van der Waals surface area contributed by atoms with E-state index in [-0.39, 0.29) is 12.5 Å². The number of thioether (sulfide) groups is 2. The second kappa shape index (κ2) is 11.1. The van der Waals surface area contributed by atoms with Crippen LogP contribution in [0.1, 0.15) is 44.3 Å². The lowest BCUT2D eigenvalue weighted by molar-refractivity contribution is -0.123. The first-order valence-corrected chi connectivity index (χ1v) is 11.6. The monoisotopic (exact) mass is 396 g/mol. The van der Waals surface area contributed by atoms with Crippen LogP contribution in [0.25, 0.3) is 0 Å². The number of ether oxygens (including phenoxy) is 1. The van der Waals surface area contributed by atoms with Crippen LogP contribution in [-0.4, -0.2) is 54.1 Å². The second-order valence-corrected chi connectivity index (χ2v) is 9.78. The van der Waals surface area contributed by atoms with E-state index in [9.17, 15) is 4.79 Å². The molecule has 0 spiro atoms. The van der Waals surface area contributed by atoms with E-state index in [1.165, 1.54) is 23.5 Å². The molecule has 1 aliphatic rings. The van der Waals surface area contributed by atoms with E-state index >= 15 is 0 Å². The van der Waals surface area contributed by atoms with Gasteiger partial charge in [-0.1, -0.05) is 12.1 Å². The van der Waals surface area contributed by atoms with Crippen LogP contribution in [-0.2, 0) is 4.79 Å². The SMILES string of the molecule is CC(C)N(CCNC(=O)COc1ccc(C2SCCCS2)cc1)C(C)C. The third kappa shape index (κ3) is 7.05. The van der Waals surface area contributed by atoms with Gasteiger partial charge in [0.2, 0.25) is 0 Å². The second-order valence-electron chi connectivity index (χ2n) is 7.06. The molecule has 146 valence electrons. The Balaban J connectivity index is 1.70. The summed E-state index contributed by atoms with van der Waals surface area (Å²) in [5.41, 5.74) is 1.33. The molecule has 6 heteroatoms. The number of benzene rings is 1. The summed E-state index contributed by atoms with van der Waals surface area (Å²) in [6.07, 6.45) is 1.30. The summed E-state index contributed by atoms with van der Waals surface area (Å²) in [7, 11) is 0. The van der Waals surface area contributed by atoms with E-state index in [0.717, 1.165) is 12.3 Å². The first-order valence-electron chi connectivity index (χ1n) is 9.45. The summed E-state index contributed by atoms with van der Waals surface area (Å²) < 4.78 is 6.16. The Labute approximate surface area is 166 Å². The Morgan fingerprint density at radius 2 is 1.77 bits per heavy atom. The maximum absolute atomic E-state index is 12.0. The van der Waals surface area contributed by atoms with Gasteiger partial charge in [0.25, 0.3) is 5.91 Å². The van der Waals surface area contributed by atoms with Crippen molar-refractivity contribution in [3.05, 3.63) is 29.8 Å². The Bertz CT molecular complexity index is 535. The minimum atomic E-state index is -0.0695. The van der Waals surface area contributed by atoms with Gasteiger partial charge in [-0.3, -0.25) is 9.69 Å². The molecule has 1 aromatic carbocycles. The Morgan fingerprint density at radius 1 is 1.15 bits per heavy atom. The van der Waals surface area contributed by atoms with Gasteiger partial charge >= 0.3 is 0 Å². The summed E-state index contributed by atoms with van der Waals surface area (Å²) in [5.74, 6) is 3.16.